The van der Waals surface area contributed by atoms with E-state index in [1.54, 1.807) is 0 Å². The van der Waals surface area contributed by atoms with Crippen LogP contribution in [-0.4, -0.2) is 44.1 Å². The van der Waals surface area contributed by atoms with Crippen LogP contribution in [0.2, 0.25) is 0 Å². The highest BCUT2D eigenvalue weighted by atomic mass is 19.1. The summed E-state index contributed by atoms with van der Waals surface area (Å²) >= 11 is 0. The first-order valence-corrected chi connectivity index (χ1v) is 10.4. The molecule has 3 aromatic carbocycles. The van der Waals surface area contributed by atoms with Gasteiger partial charge in [-0.05, 0) is 48.0 Å². The molecular formula is C25H26FN3O2. The van der Waals surface area contributed by atoms with E-state index in [2.05, 4.69) is 39.4 Å². The number of carbonyl (C=O) groups is 1. The summed E-state index contributed by atoms with van der Waals surface area (Å²) in [5.41, 5.74) is 3.29. The third kappa shape index (κ3) is 5.22. The van der Waals surface area contributed by atoms with Crippen molar-refractivity contribution in [1.29, 1.82) is 0 Å². The average Bonchev–Trinajstić information content (AvgIpc) is 2.81. The van der Waals surface area contributed by atoms with Crippen molar-refractivity contribution in [3.05, 3.63) is 89.7 Å². The van der Waals surface area contributed by atoms with Crippen molar-refractivity contribution in [2.75, 3.05) is 43.5 Å². The fourth-order valence-electron chi connectivity index (χ4n) is 3.82. The molecule has 5 nitrogen and oxygen atoms in total. The van der Waals surface area contributed by atoms with Crippen LogP contribution in [0.4, 0.5) is 15.8 Å². The number of halogens is 1. The summed E-state index contributed by atoms with van der Waals surface area (Å²) < 4.78 is 18.7. The molecule has 6 heteroatoms. The van der Waals surface area contributed by atoms with Gasteiger partial charge in [0.25, 0.3) is 5.91 Å². The number of piperazine rings is 1. The van der Waals surface area contributed by atoms with Crippen LogP contribution in [-0.2, 0) is 6.54 Å². The zero-order valence-electron chi connectivity index (χ0n) is 17.6. The molecule has 0 unspecified atom stereocenters. The van der Waals surface area contributed by atoms with Crippen molar-refractivity contribution in [3.8, 4) is 5.75 Å². The van der Waals surface area contributed by atoms with Gasteiger partial charge in [-0.15, -0.1) is 0 Å². The van der Waals surface area contributed by atoms with Crippen LogP contribution in [0.15, 0.2) is 72.8 Å². The number of nitrogens with one attached hydrogen (secondary N) is 1. The van der Waals surface area contributed by atoms with Gasteiger partial charge in [0.2, 0.25) is 0 Å². The van der Waals surface area contributed by atoms with Crippen LogP contribution >= 0.6 is 0 Å². The number of hydrogen-bond donors (Lipinski definition) is 1. The SMILES string of the molecule is COc1ccc(F)cc1C(=O)Nc1ccc(N2CCN(Cc3ccccc3)CC2)cc1. The van der Waals surface area contributed by atoms with Crippen LogP contribution < -0.4 is 15.0 Å². The maximum Gasteiger partial charge on any atom is 0.259 e. The largest absolute Gasteiger partial charge is 0.496 e. The van der Waals surface area contributed by atoms with Gasteiger partial charge in [-0.3, -0.25) is 9.69 Å². The maximum absolute atomic E-state index is 13.5. The maximum atomic E-state index is 13.5. The number of methoxy groups -OCH3 is 1. The van der Waals surface area contributed by atoms with E-state index < -0.39 is 11.7 Å². The molecule has 31 heavy (non-hydrogen) atoms. The van der Waals surface area contributed by atoms with Gasteiger partial charge in [-0.25, -0.2) is 4.39 Å². The lowest BCUT2D eigenvalue weighted by Crippen LogP contribution is -2.45. The number of carbonyl (C=O) groups excluding carboxylic acids is 1. The molecule has 1 amide bonds. The number of amides is 1. The van der Waals surface area contributed by atoms with Gasteiger partial charge in [0.15, 0.2) is 0 Å². The second-order valence-electron chi connectivity index (χ2n) is 7.59. The molecule has 1 heterocycles. The highest BCUT2D eigenvalue weighted by Gasteiger charge is 2.18. The Kier molecular flexibility index (Phi) is 6.48. The van der Waals surface area contributed by atoms with Crippen LogP contribution in [0.3, 0.4) is 0 Å². The van der Waals surface area contributed by atoms with E-state index in [0.717, 1.165) is 38.4 Å². The van der Waals surface area contributed by atoms with Crippen molar-refractivity contribution < 1.29 is 13.9 Å². The minimum Gasteiger partial charge on any atom is -0.496 e. The number of nitrogens with zero attached hydrogens (tertiary/aromatic N) is 2. The summed E-state index contributed by atoms with van der Waals surface area (Å²) in [6.07, 6.45) is 0. The molecular weight excluding hydrogens is 393 g/mol. The van der Waals surface area contributed by atoms with Gasteiger partial charge in [0.05, 0.1) is 12.7 Å². The average molecular weight is 420 g/mol. The number of benzene rings is 3. The van der Waals surface area contributed by atoms with Crippen molar-refractivity contribution in [2.45, 2.75) is 6.54 Å². The lowest BCUT2D eigenvalue weighted by atomic mass is 10.1. The summed E-state index contributed by atoms with van der Waals surface area (Å²) in [6, 6.07) is 22.2. The van der Waals surface area contributed by atoms with Gasteiger partial charge in [0.1, 0.15) is 11.6 Å². The Morgan fingerprint density at radius 1 is 0.968 bits per heavy atom. The summed E-state index contributed by atoms with van der Waals surface area (Å²) in [5, 5.41) is 2.81. The van der Waals surface area contributed by atoms with Gasteiger partial charge in [-0.1, -0.05) is 30.3 Å². The van der Waals surface area contributed by atoms with Gasteiger partial charge >= 0.3 is 0 Å². The molecule has 0 aliphatic carbocycles. The number of anilines is 2. The molecule has 3 aromatic rings. The third-order valence-corrected chi connectivity index (χ3v) is 5.52. The van der Waals surface area contributed by atoms with E-state index in [1.807, 2.05) is 30.3 Å². The first kappa shape index (κ1) is 20.9. The van der Waals surface area contributed by atoms with E-state index in [9.17, 15) is 9.18 Å². The number of ether oxygens (including phenoxy) is 1. The summed E-state index contributed by atoms with van der Waals surface area (Å²) in [6.45, 7) is 4.90. The second kappa shape index (κ2) is 9.62. The fraction of sp³-hybridized carbons (Fsp3) is 0.240. The van der Waals surface area contributed by atoms with E-state index in [1.165, 1.54) is 30.9 Å². The molecule has 1 saturated heterocycles. The molecule has 1 N–H and O–H groups in total. The summed E-state index contributed by atoms with van der Waals surface area (Å²) in [7, 11) is 1.46. The van der Waals surface area contributed by atoms with Gasteiger partial charge in [-0.2, -0.15) is 0 Å². The Bertz CT molecular complexity index is 1020. The molecule has 0 saturated carbocycles. The number of hydrogen-bond acceptors (Lipinski definition) is 4. The molecule has 1 aliphatic rings. The topological polar surface area (TPSA) is 44.8 Å². The summed E-state index contributed by atoms with van der Waals surface area (Å²) in [5.74, 6) is -0.546. The highest BCUT2D eigenvalue weighted by molar-refractivity contribution is 6.06. The standard InChI is InChI=1S/C25H26FN3O2/c1-31-24-12-7-20(26)17-23(24)25(30)27-21-8-10-22(11-9-21)29-15-13-28(14-16-29)18-19-5-3-2-4-6-19/h2-12,17H,13-16,18H2,1H3,(H,27,30). The predicted octanol–water partition coefficient (Wildman–Crippen LogP) is 4.41. The molecule has 0 aromatic heterocycles. The lowest BCUT2D eigenvalue weighted by Gasteiger charge is -2.36. The first-order valence-electron chi connectivity index (χ1n) is 10.4. The smallest absolute Gasteiger partial charge is 0.259 e. The Hall–Kier alpha value is -3.38. The molecule has 0 atom stereocenters. The highest BCUT2D eigenvalue weighted by Crippen LogP contribution is 2.23. The zero-order valence-corrected chi connectivity index (χ0v) is 17.6. The number of rotatable bonds is 6. The normalized spacial score (nSPS) is 14.3. The monoisotopic (exact) mass is 419 g/mol. The quantitative estimate of drug-likeness (QED) is 0.643. The Morgan fingerprint density at radius 3 is 2.35 bits per heavy atom. The van der Waals surface area contributed by atoms with Crippen LogP contribution in [0.25, 0.3) is 0 Å². The van der Waals surface area contributed by atoms with E-state index >= 15 is 0 Å². The molecule has 0 bridgehead atoms. The van der Waals surface area contributed by atoms with E-state index in [0.29, 0.717) is 11.4 Å². The Balaban J connectivity index is 1.34. The lowest BCUT2D eigenvalue weighted by molar-refractivity contribution is 0.102. The second-order valence-corrected chi connectivity index (χ2v) is 7.59. The van der Waals surface area contributed by atoms with Gasteiger partial charge in [0, 0.05) is 44.1 Å². The zero-order chi connectivity index (χ0) is 21.6. The fourth-order valence-corrected chi connectivity index (χ4v) is 3.82. The molecule has 1 fully saturated rings. The predicted molar refractivity (Wildman–Crippen MR) is 121 cm³/mol. The first-order chi connectivity index (χ1) is 15.1. The van der Waals surface area contributed by atoms with Crippen molar-refractivity contribution in [3.63, 3.8) is 0 Å². The van der Waals surface area contributed by atoms with Crippen molar-refractivity contribution in [2.24, 2.45) is 0 Å². The van der Waals surface area contributed by atoms with Crippen LogP contribution in [0.1, 0.15) is 15.9 Å². The Labute approximate surface area is 182 Å². The minimum atomic E-state index is -0.479. The molecule has 4 rings (SSSR count). The van der Waals surface area contributed by atoms with Crippen molar-refractivity contribution in [1.82, 2.24) is 4.90 Å². The Morgan fingerprint density at radius 2 is 1.68 bits per heavy atom. The molecule has 0 spiro atoms. The van der Waals surface area contributed by atoms with Gasteiger partial charge < -0.3 is 15.0 Å². The van der Waals surface area contributed by atoms with Crippen LogP contribution in [0, 0.1) is 5.82 Å². The summed E-state index contributed by atoms with van der Waals surface area (Å²) in [4.78, 5) is 17.4. The van der Waals surface area contributed by atoms with E-state index in [-0.39, 0.29) is 5.56 Å². The van der Waals surface area contributed by atoms with E-state index in [4.69, 9.17) is 4.74 Å². The molecule has 160 valence electrons. The van der Waals surface area contributed by atoms with Crippen LogP contribution in [0.5, 0.6) is 5.75 Å². The van der Waals surface area contributed by atoms with Crippen molar-refractivity contribution >= 4 is 17.3 Å². The minimum absolute atomic E-state index is 0.168. The third-order valence-electron chi connectivity index (χ3n) is 5.52. The molecule has 1 aliphatic heterocycles. The molecule has 0 radical (unpaired) electrons.